The molecule has 0 amide bonds. The lowest BCUT2D eigenvalue weighted by Gasteiger charge is -2.09. The molecular weight excluding hydrogens is 234 g/mol. The minimum Gasteiger partial charge on any atom is -0.308 e. The van der Waals surface area contributed by atoms with Crippen LogP contribution in [0.3, 0.4) is 0 Å². The Labute approximate surface area is 115 Å². The standard InChI is InChI=1S/C16H23N3/c1-3-12(2)11-19-16-7-5-4-6-14(16)15(18-19)10-17-13-8-9-13/h4-7,12-13,17H,3,8-11H2,1-2H3. The second kappa shape index (κ2) is 5.33. The molecule has 3 heteroatoms. The van der Waals surface area contributed by atoms with Gasteiger partial charge in [-0.05, 0) is 24.8 Å². The highest BCUT2D eigenvalue weighted by Gasteiger charge is 2.21. The molecule has 1 aromatic carbocycles. The van der Waals surface area contributed by atoms with Gasteiger partial charge in [0, 0.05) is 24.5 Å². The third-order valence-corrected chi connectivity index (χ3v) is 4.05. The van der Waals surface area contributed by atoms with Crippen molar-refractivity contribution in [3.8, 4) is 0 Å². The van der Waals surface area contributed by atoms with Gasteiger partial charge >= 0.3 is 0 Å². The van der Waals surface area contributed by atoms with Crippen molar-refractivity contribution in [3.63, 3.8) is 0 Å². The molecule has 0 aliphatic heterocycles. The summed E-state index contributed by atoms with van der Waals surface area (Å²) in [6.07, 6.45) is 3.85. The van der Waals surface area contributed by atoms with Crippen molar-refractivity contribution >= 4 is 10.9 Å². The second-order valence-corrected chi connectivity index (χ2v) is 5.81. The van der Waals surface area contributed by atoms with Crippen molar-refractivity contribution in [2.45, 2.75) is 52.2 Å². The summed E-state index contributed by atoms with van der Waals surface area (Å²) in [4.78, 5) is 0. The van der Waals surface area contributed by atoms with E-state index >= 15 is 0 Å². The van der Waals surface area contributed by atoms with Crippen molar-refractivity contribution < 1.29 is 0 Å². The number of fused-ring (bicyclic) bond motifs is 1. The maximum atomic E-state index is 4.83. The van der Waals surface area contributed by atoms with Crippen LogP contribution < -0.4 is 5.32 Å². The smallest absolute Gasteiger partial charge is 0.0841 e. The number of rotatable bonds is 6. The van der Waals surface area contributed by atoms with E-state index in [-0.39, 0.29) is 0 Å². The molecule has 1 unspecified atom stereocenters. The Bertz CT molecular complexity index is 554. The maximum absolute atomic E-state index is 4.83. The maximum Gasteiger partial charge on any atom is 0.0841 e. The predicted octanol–water partition coefficient (Wildman–Crippen LogP) is 3.33. The quantitative estimate of drug-likeness (QED) is 0.860. The summed E-state index contributed by atoms with van der Waals surface area (Å²) in [6, 6.07) is 9.33. The zero-order chi connectivity index (χ0) is 13.2. The molecule has 1 saturated carbocycles. The first kappa shape index (κ1) is 12.7. The minimum absolute atomic E-state index is 0.674. The van der Waals surface area contributed by atoms with Gasteiger partial charge in [-0.2, -0.15) is 5.10 Å². The topological polar surface area (TPSA) is 29.9 Å². The fourth-order valence-corrected chi connectivity index (χ4v) is 2.42. The van der Waals surface area contributed by atoms with Crippen LogP contribution in [0.15, 0.2) is 24.3 Å². The van der Waals surface area contributed by atoms with E-state index in [9.17, 15) is 0 Å². The highest BCUT2D eigenvalue weighted by Crippen LogP contribution is 2.23. The van der Waals surface area contributed by atoms with E-state index in [0.29, 0.717) is 5.92 Å². The molecule has 0 spiro atoms. The average Bonchev–Trinajstić information content (AvgIpc) is 3.20. The van der Waals surface area contributed by atoms with Crippen molar-refractivity contribution in [2.24, 2.45) is 5.92 Å². The molecule has 3 rings (SSSR count). The molecule has 1 atom stereocenters. The lowest BCUT2D eigenvalue weighted by Crippen LogP contribution is -2.16. The summed E-state index contributed by atoms with van der Waals surface area (Å²) in [5.41, 5.74) is 2.47. The Hall–Kier alpha value is -1.35. The molecule has 102 valence electrons. The van der Waals surface area contributed by atoms with Gasteiger partial charge in [0.1, 0.15) is 0 Å². The van der Waals surface area contributed by atoms with Crippen LogP contribution in [-0.4, -0.2) is 15.8 Å². The minimum atomic E-state index is 0.674. The fourth-order valence-electron chi connectivity index (χ4n) is 2.42. The molecule has 0 radical (unpaired) electrons. The highest BCUT2D eigenvalue weighted by atomic mass is 15.3. The van der Waals surface area contributed by atoms with Gasteiger partial charge in [0.15, 0.2) is 0 Å². The van der Waals surface area contributed by atoms with Crippen LogP contribution >= 0.6 is 0 Å². The molecule has 1 aliphatic rings. The van der Waals surface area contributed by atoms with Gasteiger partial charge in [-0.3, -0.25) is 4.68 Å². The van der Waals surface area contributed by atoms with E-state index in [0.717, 1.165) is 19.1 Å². The summed E-state index contributed by atoms with van der Waals surface area (Å²) in [5, 5.41) is 9.71. The first-order valence-electron chi connectivity index (χ1n) is 7.45. The third-order valence-electron chi connectivity index (χ3n) is 4.05. The van der Waals surface area contributed by atoms with Gasteiger partial charge in [-0.25, -0.2) is 0 Å². The first-order chi connectivity index (χ1) is 9.28. The van der Waals surface area contributed by atoms with Crippen molar-refractivity contribution in [3.05, 3.63) is 30.0 Å². The molecule has 2 aromatic rings. The van der Waals surface area contributed by atoms with Crippen molar-refractivity contribution in [2.75, 3.05) is 0 Å². The van der Waals surface area contributed by atoms with E-state index in [1.807, 2.05) is 0 Å². The zero-order valence-electron chi connectivity index (χ0n) is 11.9. The Balaban J connectivity index is 1.87. The number of hydrogen-bond acceptors (Lipinski definition) is 2. The molecule has 19 heavy (non-hydrogen) atoms. The third kappa shape index (κ3) is 2.81. The van der Waals surface area contributed by atoms with Crippen molar-refractivity contribution in [1.82, 2.24) is 15.1 Å². The summed E-state index contributed by atoms with van der Waals surface area (Å²) >= 11 is 0. The van der Waals surface area contributed by atoms with Gasteiger partial charge in [-0.15, -0.1) is 0 Å². The van der Waals surface area contributed by atoms with Gasteiger partial charge < -0.3 is 5.32 Å². The Morgan fingerprint density at radius 3 is 2.89 bits per heavy atom. The molecular formula is C16H23N3. The van der Waals surface area contributed by atoms with E-state index in [2.05, 4.69) is 48.1 Å². The van der Waals surface area contributed by atoms with Gasteiger partial charge in [0.25, 0.3) is 0 Å². The van der Waals surface area contributed by atoms with E-state index in [1.165, 1.54) is 35.9 Å². The van der Waals surface area contributed by atoms with Crippen LogP contribution in [0.2, 0.25) is 0 Å². The summed E-state index contributed by atoms with van der Waals surface area (Å²) in [6.45, 7) is 6.45. The molecule has 1 aromatic heterocycles. The van der Waals surface area contributed by atoms with Crippen LogP contribution in [0.1, 0.15) is 38.8 Å². The molecule has 1 aliphatic carbocycles. The number of benzene rings is 1. The number of nitrogens with zero attached hydrogens (tertiary/aromatic N) is 2. The monoisotopic (exact) mass is 257 g/mol. The van der Waals surface area contributed by atoms with Gasteiger partial charge in [0.2, 0.25) is 0 Å². The van der Waals surface area contributed by atoms with Crippen LogP contribution in [0.4, 0.5) is 0 Å². The lowest BCUT2D eigenvalue weighted by molar-refractivity contribution is 0.444. The van der Waals surface area contributed by atoms with Crippen LogP contribution in [-0.2, 0) is 13.1 Å². The molecule has 0 bridgehead atoms. The average molecular weight is 257 g/mol. The molecule has 1 heterocycles. The van der Waals surface area contributed by atoms with E-state index in [1.54, 1.807) is 0 Å². The van der Waals surface area contributed by atoms with Crippen molar-refractivity contribution in [1.29, 1.82) is 0 Å². The van der Waals surface area contributed by atoms with Crippen LogP contribution in [0.25, 0.3) is 10.9 Å². The number of aromatic nitrogens is 2. The van der Waals surface area contributed by atoms with Crippen LogP contribution in [0.5, 0.6) is 0 Å². The fraction of sp³-hybridized carbons (Fsp3) is 0.562. The summed E-state index contributed by atoms with van der Waals surface area (Å²) in [5.74, 6) is 0.674. The molecule has 1 N–H and O–H groups in total. The Kier molecular flexibility index (Phi) is 3.56. The largest absolute Gasteiger partial charge is 0.308 e. The Morgan fingerprint density at radius 2 is 2.16 bits per heavy atom. The summed E-state index contributed by atoms with van der Waals surface area (Å²) in [7, 11) is 0. The second-order valence-electron chi connectivity index (χ2n) is 5.81. The normalized spacial score (nSPS) is 16.9. The molecule has 0 saturated heterocycles. The highest BCUT2D eigenvalue weighted by molar-refractivity contribution is 5.81. The zero-order valence-corrected chi connectivity index (χ0v) is 11.9. The number of hydrogen-bond donors (Lipinski definition) is 1. The SMILES string of the molecule is CCC(C)Cn1nc(CNC2CC2)c2ccccc21. The predicted molar refractivity (Wildman–Crippen MR) is 79.0 cm³/mol. The van der Waals surface area contributed by atoms with Crippen LogP contribution in [0, 0.1) is 5.92 Å². The Morgan fingerprint density at radius 1 is 1.37 bits per heavy atom. The molecule has 3 nitrogen and oxygen atoms in total. The number of para-hydroxylation sites is 1. The van der Waals surface area contributed by atoms with Gasteiger partial charge in [0.05, 0.1) is 11.2 Å². The van der Waals surface area contributed by atoms with E-state index < -0.39 is 0 Å². The van der Waals surface area contributed by atoms with E-state index in [4.69, 9.17) is 5.10 Å². The summed E-state index contributed by atoms with van der Waals surface area (Å²) < 4.78 is 2.19. The van der Waals surface area contributed by atoms with Gasteiger partial charge in [-0.1, -0.05) is 38.5 Å². The molecule has 1 fully saturated rings. The number of nitrogens with one attached hydrogen (secondary N) is 1. The lowest BCUT2D eigenvalue weighted by atomic mass is 10.1. The first-order valence-corrected chi connectivity index (χ1v) is 7.45.